The molecule has 1 aromatic heterocycles. The normalized spacial score (nSPS) is 12.7. The summed E-state index contributed by atoms with van der Waals surface area (Å²) in [5.41, 5.74) is 2.98. The van der Waals surface area contributed by atoms with E-state index >= 15 is 0 Å². The average Bonchev–Trinajstić information content (AvgIpc) is 2.37. The fourth-order valence-corrected chi connectivity index (χ4v) is 2.51. The Morgan fingerprint density at radius 1 is 1.16 bits per heavy atom. The maximum Gasteiger partial charge on any atom is 0.106 e. The minimum atomic E-state index is -0.628. The van der Waals surface area contributed by atoms with E-state index in [-0.39, 0.29) is 0 Å². The van der Waals surface area contributed by atoms with Crippen molar-refractivity contribution in [1.82, 2.24) is 4.98 Å². The zero-order chi connectivity index (χ0) is 13.8. The van der Waals surface area contributed by atoms with Crippen molar-refractivity contribution < 1.29 is 5.11 Å². The number of rotatable bonds is 4. The second-order valence-corrected chi connectivity index (χ2v) is 6.10. The fraction of sp³-hybridized carbons (Fsp3) is 0.312. The SMILES string of the molecule is CC(C)Cc1cccc(C(O)c2cncc(Br)c2)c1. The van der Waals surface area contributed by atoms with E-state index in [2.05, 4.69) is 46.9 Å². The Balaban J connectivity index is 2.26. The van der Waals surface area contributed by atoms with Gasteiger partial charge in [0.2, 0.25) is 0 Å². The molecule has 0 fully saturated rings. The van der Waals surface area contributed by atoms with Gasteiger partial charge in [-0.25, -0.2) is 0 Å². The predicted octanol–water partition coefficient (Wildman–Crippen LogP) is 4.12. The molecule has 1 aromatic carbocycles. The first-order valence-corrected chi connectivity index (χ1v) is 7.23. The van der Waals surface area contributed by atoms with Crippen molar-refractivity contribution in [3.05, 3.63) is 63.9 Å². The molecule has 2 rings (SSSR count). The molecule has 0 radical (unpaired) electrons. The van der Waals surface area contributed by atoms with Crippen LogP contribution in [0.2, 0.25) is 0 Å². The van der Waals surface area contributed by atoms with Crippen molar-refractivity contribution in [2.75, 3.05) is 0 Å². The van der Waals surface area contributed by atoms with Crippen molar-refractivity contribution in [3.8, 4) is 0 Å². The number of benzene rings is 1. The van der Waals surface area contributed by atoms with Gasteiger partial charge in [-0.2, -0.15) is 0 Å². The zero-order valence-corrected chi connectivity index (χ0v) is 12.8. The molecule has 2 nitrogen and oxygen atoms in total. The maximum atomic E-state index is 10.4. The van der Waals surface area contributed by atoms with Gasteiger partial charge in [-0.15, -0.1) is 0 Å². The third kappa shape index (κ3) is 3.88. The van der Waals surface area contributed by atoms with Gasteiger partial charge in [-0.1, -0.05) is 38.1 Å². The molecule has 0 aliphatic carbocycles. The van der Waals surface area contributed by atoms with E-state index in [1.165, 1.54) is 5.56 Å². The van der Waals surface area contributed by atoms with Crippen LogP contribution < -0.4 is 0 Å². The van der Waals surface area contributed by atoms with Crippen LogP contribution >= 0.6 is 15.9 Å². The summed E-state index contributed by atoms with van der Waals surface area (Å²) in [6.45, 7) is 4.39. The topological polar surface area (TPSA) is 33.1 Å². The lowest BCUT2D eigenvalue weighted by atomic mass is 9.97. The Morgan fingerprint density at radius 3 is 2.63 bits per heavy atom. The van der Waals surface area contributed by atoms with E-state index in [9.17, 15) is 5.11 Å². The first kappa shape index (κ1) is 14.2. The van der Waals surface area contributed by atoms with Gasteiger partial charge in [0, 0.05) is 22.4 Å². The number of aliphatic hydroxyl groups excluding tert-OH is 1. The molecule has 1 unspecified atom stereocenters. The number of hydrogen-bond donors (Lipinski definition) is 1. The molecule has 3 heteroatoms. The lowest BCUT2D eigenvalue weighted by Crippen LogP contribution is -2.02. The molecule has 0 bridgehead atoms. The van der Waals surface area contributed by atoms with Crippen LogP contribution in [0.25, 0.3) is 0 Å². The lowest BCUT2D eigenvalue weighted by Gasteiger charge is -2.13. The van der Waals surface area contributed by atoms with Crippen LogP contribution in [0.1, 0.15) is 36.6 Å². The highest BCUT2D eigenvalue weighted by atomic mass is 79.9. The van der Waals surface area contributed by atoms with Crippen LogP contribution in [0, 0.1) is 5.92 Å². The minimum Gasteiger partial charge on any atom is -0.384 e. The highest BCUT2D eigenvalue weighted by Crippen LogP contribution is 2.24. The largest absolute Gasteiger partial charge is 0.384 e. The molecule has 2 aromatic rings. The van der Waals surface area contributed by atoms with Crippen LogP contribution in [-0.4, -0.2) is 10.1 Å². The molecular formula is C16H18BrNO. The van der Waals surface area contributed by atoms with Gasteiger partial charge in [0.1, 0.15) is 6.10 Å². The Labute approximate surface area is 122 Å². The van der Waals surface area contributed by atoms with Crippen LogP contribution in [0.15, 0.2) is 47.2 Å². The van der Waals surface area contributed by atoms with E-state index in [4.69, 9.17) is 0 Å². The average molecular weight is 320 g/mol. The Kier molecular flexibility index (Phi) is 4.72. The molecule has 0 saturated heterocycles. The van der Waals surface area contributed by atoms with Gasteiger partial charge in [-0.3, -0.25) is 4.98 Å². The monoisotopic (exact) mass is 319 g/mol. The van der Waals surface area contributed by atoms with Gasteiger partial charge < -0.3 is 5.11 Å². The fourth-order valence-electron chi connectivity index (χ4n) is 2.13. The number of halogens is 1. The third-order valence-corrected chi connectivity index (χ3v) is 3.39. The number of pyridine rings is 1. The number of nitrogens with zero attached hydrogens (tertiary/aromatic N) is 1. The van der Waals surface area contributed by atoms with Crippen LogP contribution in [-0.2, 0) is 6.42 Å². The van der Waals surface area contributed by atoms with E-state index in [1.807, 2.05) is 18.2 Å². The summed E-state index contributed by atoms with van der Waals surface area (Å²) in [5, 5.41) is 10.4. The second kappa shape index (κ2) is 6.31. The molecule has 1 heterocycles. The van der Waals surface area contributed by atoms with E-state index < -0.39 is 6.10 Å². The van der Waals surface area contributed by atoms with Crippen molar-refractivity contribution in [1.29, 1.82) is 0 Å². The summed E-state index contributed by atoms with van der Waals surface area (Å²) in [6.07, 6.45) is 3.81. The molecule has 19 heavy (non-hydrogen) atoms. The second-order valence-electron chi connectivity index (χ2n) is 5.18. The van der Waals surface area contributed by atoms with Crippen LogP contribution in [0.5, 0.6) is 0 Å². The zero-order valence-electron chi connectivity index (χ0n) is 11.2. The highest BCUT2D eigenvalue weighted by molar-refractivity contribution is 9.10. The van der Waals surface area contributed by atoms with Gasteiger partial charge in [0.25, 0.3) is 0 Å². The summed E-state index contributed by atoms with van der Waals surface area (Å²) < 4.78 is 0.877. The molecule has 0 saturated carbocycles. The summed E-state index contributed by atoms with van der Waals surface area (Å²) in [5.74, 6) is 0.611. The van der Waals surface area contributed by atoms with Gasteiger partial charge in [0.15, 0.2) is 0 Å². The first-order valence-electron chi connectivity index (χ1n) is 6.43. The van der Waals surface area contributed by atoms with Crippen LogP contribution in [0.4, 0.5) is 0 Å². The molecule has 0 spiro atoms. The number of hydrogen-bond acceptors (Lipinski definition) is 2. The number of aliphatic hydroxyl groups is 1. The van der Waals surface area contributed by atoms with E-state index in [1.54, 1.807) is 12.4 Å². The van der Waals surface area contributed by atoms with Gasteiger partial charge in [0.05, 0.1) is 0 Å². The molecular weight excluding hydrogens is 302 g/mol. The maximum absolute atomic E-state index is 10.4. The predicted molar refractivity (Wildman–Crippen MR) is 81.0 cm³/mol. The van der Waals surface area contributed by atoms with E-state index in [0.29, 0.717) is 5.92 Å². The molecule has 0 aliphatic rings. The third-order valence-electron chi connectivity index (χ3n) is 2.95. The molecule has 1 N–H and O–H groups in total. The smallest absolute Gasteiger partial charge is 0.106 e. The summed E-state index contributed by atoms with van der Waals surface area (Å²) >= 11 is 3.38. The molecule has 0 aliphatic heterocycles. The minimum absolute atomic E-state index is 0.611. The lowest BCUT2D eigenvalue weighted by molar-refractivity contribution is 0.219. The van der Waals surface area contributed by atoms with Gasteiger partial charge >= 0.3 is 0 Å². The van der Waals surface area contributed by atoms with Crippen molar-refractivity contribution in [3.63, 3.8) is 0 Å². The standard InChI is InChI=1S/C16H18BrNO/c1-11(2)6-12-4-3-5-13(7-12)16(19)14-8-15(17)10-18-9-14/h3-5,7-11,16,19H,6H2,1-2H3. The summed E-state index contributed by atoms with van der Waals surface area (Å²) in [7, 11) is 0. The molecule has 0 amide bonds. The Hall–Kier alpha value is -1.19. The summed E-state index contributed by atoms with van der Waals surface area (Å²) in [4.78, 5) is 4.09. The Bertz CT molecular complexity index is 554. The van der Waals surface area contributed by atoms with Crippen molar-refractivity contribution in [2.24, 2.45) is 5.92 Å². The van der Waals surface area contributed by atoms with Crippen molar-refractivity contribution >= 4 is 15.9 Å². The van der Waals surface area contributed by atoms with Crippen molar-refractivity contribution in [2.45, 2.75) is 26.4 Å². The first-order chi connectivity index (χ1) is 9.06. The molecule has 100 valence electrons. The molecule has 1 atom stereocenters. The van der Waals surface area contributed by atoms with Crippen LogP contribution in [0.3, 0.4) is 0 Å². The van der Waals surface area contributed by atoms with E-state index in [0.717, 1.165) is 22.0 Å². The summed E-state index contributed by atoms with van der Waals surface area (Å²) in [6, 6.07) is 10.0. The van der Waals surface area contributed by atoms with Gasteiger partial charge in [-0.05, 0) is 45.5 Å². The quantitative estimate of drug-likeness (QED) is 0.919. The number of aromatic nitrogens is 1. The highest BCUT2D eigenvalue weighted by Gasteiger charge is 2.12. The Morgan fingerprint density at radius 2 is 1.95 bits per heavy atom.